The van der Waals surface area contributed by atoms with E-state index in [1.165, 1.54) is 0 Å². The van der Waals surface area contributed by atoms with E-state index in [9.17, 15) is 9.59 Å². The molecular weight excluding hydrogens is 476 g/mol. The van der Waals surface area contributed by atoms with E-state index in [0.717, 1.165) is 22.3 Å². The van der Waals surface area contributed by atoms with Gasteiger partial charge in [0.15, 0.2) is 0 Å². The lowest BCUT2D eigenvalue weighted by atomic mass is 10.0. The summed E-state index contributed by atoms with van der Waals surface area (Å²) in [5, 5.41) is 8.52. The molecule has 38 heavy (non-hydrogen) atoms. The molecule has 0 fully saturated rings. The molecule has 0 unspecified atom stereocenters. The van der Waals surface area contributed by atoms with Gasteiger partial charge in [0, 0.05) is 24.3 Å². The summed E-state index contributed by atoms with van der Waals surface area (Å²) < 4.78 is 5.81. The molecule has 0 aliphatic heterocycles. The van der Waals surface area contributed by atoms with E-state index >= 15 is 0 Å². The summed E-state index contributed by atoms with van der Waals surface area (Å²) in [6.07, 6.45) is 0.322. The molecule has 7 nitrogen and oxygen atoms in total. The number of urea groups is 1. The minimum atomic E-state index is -0.798. The lowest BCUT2D eigenvalue weighted by Crippen LogP contribution is -2.46. The molecule has 0 saturated carbocycles. The van der Waals surface area contributed by atoms with Crippen LogP contribution < -0.4 is 26.4 Å². The maximum atomic E-state index is 13.2. The van der Waals surface area contributed by atoms with Crippen LogP contribution in [0.3, 0.4) is 0 Å². The van der Waals surface area contributed by atoms with Crippen LogP contribution in [-0.2, 0) is 24.4 Å². The summed E-state index contributed by atoms with van der Waals surface area (Å²) in [5.41, 5.74) is 11.0. The Labute approximate surface area is 223 Å². The van der Waals surface area contributed by atoms with Gasteiger partial charge in [0.1, 0.15) is 18.4 Å². The second kappa shape index (κ2) is 13.1. The van der Waals surface area contributed by atoms with Gasteiger partial charge in [-0.3, -0.25) is 4.79 Å². The first kappa shape index (κ1) is 26.4. The number of nitrogens with one attached hydrogen (secondary N) is 3. The van der Waals surface area contributed by atoms with Gasteiger partial charge in [-0.1, -0.05) is 72.3 Å². The van der Waals surface area contributed by atoms with Crippen molar-refractivity contribution in [2.24, 2.45) is 5.73 Å². The van der Waals surface area contributed by atoms with Crippen LogP contribution in [-0.4, -0.2) is 18.0 Å². The molecule has 4 aromatic rings. The molecule has 1 atom stereocenters. The second-order valence-electron chi connectivity index (χ2n) is 9.03. The van der Waals surface area contributed by atoms with Crippen LogP contribution in [0.25, 0.3) is 0 Å². The van der Waals surface area contributed by atoms with Gasteiger partial charge in [-0.2, -0.15) is 0 Å². The fourth-order valence-electron chi connectivity index (χ4n) is 3.82. The summed E-state index contributed by atoms with van der Waals surface area (Å²) >= 11 is 0. The number of hydrogen-bond acceptors (Lipinski definition) is 4. The second-order valence-corrected chi connectivity index (χ2v) is 9.03. The largest absolute Gasteiger partial charge is 0.489 e. The molecule has 0 bridgehead atoms. The molecule has 0 saturated heterocycles. The highest BCUT2D eigenvalue weighted by Gasteiger charge is 2.22. The molecule has 0 radical (unpaired) electrons. The van der Waals surface area contributed by atoms with Crippen molar-refractivity contribution in [3.8, 4) is 5.75 Å². The van der Waals surface area contributed by atoms with Gasteiger partial charge in [-0.05, 0) is 60.0 Å². The van der Waals surface area contributed by atoms with E-state index in [0.29, 0.717) is 36.7 Å². The molecule has 3 amide bonds. The van der Waals surface area contributed by atoms with Gasteiger partial charge >= 0.3 is 6.03 Å². The first-order chi connectivity index (χ1) is 18.5. The number of amides is 3. The van der Waals surface area contributed by atoms with Gasteiger partial charge in [0.05, 0.1) is 0 Å². The van der Waals surface area contributed by atoms with E-state index < -0.39 is 12.1 Å². The van der Waals surface area contributed by atoms with Crippen molar-refractivity contribution in [2.75, 3.05) is 10.6 Å². The van der Waals surface area contributed by atoms with Crippen molar-refractivity contribution in [3.05, 3.63) is 125 Å². The molecule has 4 rings (SSSR count). The van der Waals surface area contributed by atoms with Crippen LogP contribution in [0.1, 0.15) is 22.3 Å². The van der Waals surface area contributed by atoms with Gasteiger partial charge in [0.25, 0.3) is 0 Å². The predicted molar refractivity (Wildman–Crippen MR) is 151 cm³/mol. The van der Waals surface area contributed by atoms with Gasteiger partial charge in [0.2, 0.25) is 5.91 Å². The molecule has 4 aromatic carbocycles. The zero-order valence-corrected chi connectivity index (χ0v) is 21.3. The number of nitrogens with two attached hydrogens (primary N) is 1. The third-order valence-corrected chi connectivity index (χ3v) is 6.00. The monoisotopic (exact) mass is 508 g/mol. The average Bonchev–Trinajstić information content (AvgIpc) is 2.94. The number of aryl methyl sites for hydroxylation is 1. The topological polar surface area (TPSA) is 105 Å². The smallest absolute Gasteiger partial charge is 0.319 e. The van der Waals surface area contributed by atoms with Crippen LogP contribution in [0.5, 0.6) is 5.75 Å². The normalized spacial score (nSPS) is 11.3. The number of benzene rings is 4. The Morgan fingerprint density at radius 1 is 0.737 bits per heavy atom. The first-order valence-corrected chi connectivity index (χ1v) is 12.5. The molecular formula is C31H32N4O3. The zero-order valence-electron chi connectivity index (χ0n) is 21.3. The van der Waals surface area contributed by atoms with Crippen molar-refractivity contribution < 1.29 is 14.3 Å². The van der Waals surface area contributed by atoms with Crippen LogP contribution in [0.15, 0.2) is 103 Å². The molecule has 0 aliphatic rings. The summed E-state index contributed by atoms with van der Waals surface area (Å²) in [6, 6.07) is 30.9. The third-order valence-electron chi connectivity index (χ3n) is 6.00. The van der Waals surface area contributed by atoms with E-state index in [1.54, 1.807) is 24.3 Å². The minimum Gasteiger partial charge on any atom is -0.489 e. The zero-order chi connectivity index (χ0) is 26.7. The molecule has 0 aromatic heterocycles. The van der Waals surface area contributed by atoms with Crippen molar-refractivity contribution in [3.63, 3.8) is 0 Å². The Balaban J connectivity index is 1.38. The van der Waals surface area contributed by atoms with Crippen LogP contribution in [0.2, 0.25) is 0 Å². The lowest BCUT2D eigenvalue weighted by molar-refractivity contribution is -0.117. The standard InChI is InChI=1S/C31H32N4O3/c1-22-7-13-26(14-8-22)33-30(36)29(19-23-9-11-24(20-32)12-10-23)35-31(37)34-27-15-17-28(18-16-27)38-21-25-5-3-2-4-6-25/h2-18,29H,19-21,32H2,1H3,(H,33,36)(H2,34,35,37)/t29-/m0/s1. The Morgan fingerprint density at radius 2 is 1.34 bits per heavy atom. The Morgan fingerprint density at radius 3 is 2.00 bits per heavy atom. The number of rotatable bonds is 10. The SMILES string of the molecule is Cc1ccc(NC(=O)[C@H](Cc2ccc(CN)cc2)NC(=O)Nc2ccc(OCc3ccccc3)cc2)cc1. The quantitative estimate of drug-likeness (QED) is 0.230. The van der Waals surface area contributed by atoms with E-state index in [1.807, 2.05) is 85.8 Å². The van der Waals surface area contributed by atoms with Crippen molar-refractivity contribution >= 4 is 23.3 Å². The highest BCUT2D eigenvalue weighted by molar-refractivity contribution is 5.99. The lowest BCUT2D eigenvalue weighted by Gasteiger charge is -2.19. The maximum absolute atomic E-state index is 13.2. The minimum absolute atomic E-state index is 0.309. The van der Waals surface area contributed by atoms with Gasteiger partial charge in [-0.25, -0.2) is 4.79 Å². The Kier molecular flexibility index (Phi) is 9.10. The summed E-state index contributed by atoms with van der Waals surface area (Å²) in [7, 11) is 0. The van der Waals surface area contributed by atoms with Crippen LogP contribution in [0, 0.1) is 6.92 Å². The number of carbonyl (C=O) groups excluding carboxylic acids is 2. The van der Waals surface area contributed by atoms with E-state index in [2.05, 4.69) is 16.0 Å². The van der Waals surface area contributed by atoms with Crippen LogP contribution in [0.4, 0.5) is 16.2 Å². The average molecular weight is 509 g/mol. The Hall–Kier alpha value is -4.62. The highest BCUT2D eigenvalue weighted by atomic mass is 16.5. The maximum Gasteiger partial charge on any atom is 0.319 e. The molecule has 5 N–H and O–H groups in total. The molecule has 0 spiro atoms. The molecule has 194 valence electrons. The van der Waals surface area contributed by atoms with E-state index in [4.69, 9.17) is 10.5 Å². The van der Waals surface area contributed by atoms with Crippen molar-refractivity contribution in [1.29, 1.82) is 0 Å². The predicted octanol–water partition coefficient (Wildman–Crippen LogP) is 5.40. The van der Waals surface area contributed by atoms with Crippen molar-refractivity contribution in [2.45, 2.75) is 32.5 Å². The first-order valence-electron chi connectivity index (χ1n) is 12.5. The number of anilines is 2. The van der Waals surface area contributed by atoms with Gasteiger partial charge in [-0.15, -0.1) is 0 Å². The number of carbonyl (C=O) groups is 2. The fourth-order valence-corrected chi connectivity index (χ4v) is 3.82. The molecule has 0 aliphatic carbocycles. The number of hydrogen-bond donors (Lipinski definition) is 4. The van der Waals surface area contributed by atoms with Crippen molar-refractivity contribution in [1.82, 2.24) is 5.32 Å². The summed E-state index contributed by atoms with van der Waals surface area (Å²) in [5.74, 6) is 0.382. The fraction of sp³-hybridized carbons (Fsp3) is 0.161. The summed E-state index contributed by atoms with van der Waals surface area (Å²) in [4.78, 5) is 26.0. The number of ether oxygens (including phenoxy) is 1. The molecule has 7 heteroatoms. The Bertz CT molecular complexity index is 1320. The highest BCUT2D eigenvalue weighted by Crippen LogP contribution is 2.18. The summed E-state index contributed by atoms with van der Waals surface area (Å²) in [6.45, 7) is 2.87. The van der Waals surface area contributed by atoms with Crippen LogP contribution >= 0.6 is 0 Å². The molecule has 0 heterocycles. The van der Waals surface area contributed by atoms with Gasteiger partial charge < -0.3 is 26.4 Å². The third kappa shape index (κ3) is 7.94. The van der Waals surface area contributed by atoms with E-state index in [-0.39, 0.29) is 5.91 Å².